The van der Waals surface area contributed by atoms with E-state index in [0.717, 1.165) is 22.5 Å². The third-order valence-electron chi connectivity index (χ3n) is 4.46. The molecule has 0 aliphatic heterocycles. The zero-order chi connectivity index (χ0) is 20.9. The van der Waals surface area contributed by atoms with E-state index in [1.165, 1.54) is 11.8 Å². The molecule has 0 saturated heterocycles. The van der Waals surface area contributed by atoms with E-state index in [1.54, 1.807) is 10.6 Å². The summed E-state index contributed by atoms with van der Waals surface area (Å²) in [6.07, 6.45) is 0. The Bertz CT molecular complexity index is 1180. The molecular formula is C22H21N5O2S. The van der Waals surface area contributed by atoms with Crippen molar-refractivity contribution in [2.24, 2.45) is 0 Å². The number of rotatable bonds is 7. The van der Waals surface area contributed by atoms with Crippen molar-refractivity contribution in [1.29, 1.82) is 0 Å². The maximum Gasteiger partial charge on any atom is 0.275 e. The van der Waals surface area contributed by atoms with Crippen LogP contribution in [0.25, 0.3) is 5.78 Å². The molecule has 0 spiro atoms. The van der Waals surface area contributed by atoms with Crippen molar-refractivity contribution < 1.29 is 9.63 Å². The second kappa shape index (κ2) is 9.06. The normalized spacial score (nSPS) is 11.0. The third kappa shape index (κ3) is 4.67. The van der Waals surface area contributed by atoms with E-state index in [4.69, 9.17) is 4.84 Å². The van der Waals surface area contributed by atoms with Gasteiger partial charge in [-0.1, -0.05) is 60.3 Å². The van der Waals surface area contributed by atoms with Crippen molar-refractivity contribution in [2.45, 2.75) is 31.4 Å². The molecule has 8 heteroatoms. The summed E-state index contributed by atoms with van der Waals surface area (Å²) in [5.74, 6) is 0.852. The Hall–Kier alpha value is -3.23. The standard InChI is InChI=1S/C22H21N5O2S/c1-15-12-16(2)27-21(23-15)24-22(25-27)30-14-18-10-6-7-11-19(18)20(28)26-29-13-17-8-4-3-5-9-17/h3-12H,13-14H2,1-2H3,(H,26,28). The first-order valence-electron chi connectivity index (χ1n) is 9.48. The van der Waals surface area contributed by atoms with E-state index in [2.05, 4.69) is 20.5 Å². The molecule has 30 heavy (non-hydrogen) atoms. The molecule has 152 valence electrons. The highest BCUT2D eigenvalue weighted by Gasteiger charge is 2.13. The van der Waals surface area contributed by atoms with Crippen molar-refractivity contribution in [2.75, 3.05) is 0 Å². The molecule has 0 saturated carbocycles. The highest BCUT2D eigenvalue weighted by Crippen LogP contribution is 2.22. The van der Waals surface area contributed by atoms with Gasteiger partial charge in [0.2, 0.25) is 5.16 Å². The molecule has 1 N–H and O–H groups in total. The summed E-state index contributed by atoms with van der Waals surface area (Å²) in [7, 11) is 0. The number of amides is 1. The summed E-state index contributed by atoms with van der Waals surface area (Å²) in [6, 6.07) is 19.1. The predicted octanol–water partition coefficient (Wildman–Crippen LogP) is 3.90. The van der Waals surface area contributed by atoms with E-state index in [9.17, 15) is 4.79 Å². The number of hydrogen-bond donors (Lipinski definition) is 1. The molecule has 2 aromatic carbocycles. The number of carbonyl (C=O) groups is 1. The van der Waals surface area contributed by atoms with Crippen LogP contribution in [-0.2, 0) is 17.2 Å². The van der Waals surface area contributed by atoms with Crippen LogP contribution in [0.2, 0.25) is 0 Å². The number of aryl methyl sites for hydroxylation is 2. The van der Waals surface area contributed by atoms with Gasteiger partial charge in [0.1, 0.15) is 0 Å². The summed E-state index contributed by atoms with van der Waals surface area (Å²) in [5.41, 5.74) is 6.84. The Balaban J connectivity index is 1.41. The molecule has 2 heterocycles. The highest BCUT2D eigenvalue weighted by molar-refractivity contribution is 7.98. The first kappa shape index (κ1) is 20.1. The fraction of sp³-hybridized carbons (Fsp3) is 0.182. The van der Waals surface area contributed by atoms with Gasteiger partial charge in [0, 0.05) is 22.7 Å². The van der Waals surface area contributed by atoms with Crippen LogP contribution in [0.4, 0.5) is 0 Å². The predicted molar refractivity (Wildman–Crippen MR) is 115 cm³/mol. The molecular weight excluding hydrogens is 398 g/mol. The first-order chi connectivity index (χ1) is 14.6. The lowest BCUT2D eigenvalue weighted by Crippen LogP contribution is -2.24. The van der Waals surface area contributed by atoms with E-state index in [0.29, 0.717) is 28.9 Å². The Morgan fingerprint density at radius 1 is 1.07 bits per heavy atom. The van der Waals surface area contributed by atoms with Crippen molar-refractivity contribution in [3.63, 3.8) is 0 Å². The van der Waals surface area contributed by atoms with Crippen LogP contribution in [0.3, 0.4) is 0 Å². The molecule has 0 unspecified atom stereocenters. The largest absolute Gasteiger partial charge is 0.275 e. The van der Waals surface area contributed by atoms with Crippen LogP contribution >= 0.6 is 11.8 Å². The molecule has 2 aromatic heterocycles. The summed E-state index contributed by atoms with van der Waals surface area (Å²) >= 11 is 1.46. The second-order valence-electron chi connectivity index (χ2n) is 6.80. The number of nitrogens with zero attached hydrogens (tertiary/aromatic N) is 4. The molecule has 0 aliphatic rings. The van der Waals surface area contributed by atoms with E-state index in [-0.39, 0.29) is 5.91 Å². The van der Waals surface area contributed by atoms with Crippen LogP contribution in [0, 0.1) is 13.8 Å². The lowest BCUT2D eigenvalue weighted by atomic mass is 10.1. The molecule has 0 radical (unpaired) electrons. The zero-order valence-electron chi connectivity index (χ0n) is 16.7. The van der Waals surface area contributed by atoms with Gasteiger partial charge in [-0.3, -0.25) is 9.63 Å². The number of thioether (sulfide) groups is 1. The molecule has 4 aromatic rings. The van der Waals surface area contributed by atoms with Crippen molar-refractivity contribution in [1.82, 2.24) is 25.1 Å². The van der Waals surface area contributed by atoms with Gasteiger partial charge in [-0.05, 0) is 37.1 Å². The maximum atomic E-state index is 12.6. The minimum atomic E-state index is -0.279. The Kier molecular flexibility index (Phi) is 6.06. The average molecular weight is 420 g/mol. The van der Waals surface area contributed by atoms with E-state index >= 15 is 0 Å². The van der Waals surface area contributed by atoms with Crippen LogP contribution in [0.5, 0.6) is 0 Å². The maximum absolute atomic E-state index is 12.6. The quantitative estimate of drug-likeness (QED) is 0.361. The van der Waals surface area contributed by atoms with Gasteiger partial charge in [-0.15, -0.1) is 5.10 Å². The van der Waals surface area contributed by atoms with Crippen LogP contribution in [0.1, 0.15) is 32.9 Å². The van der Waals surface area contributed by atoms with Crippen molar-refractivity contribution in [3.8, 4) is 0 Å². The van der Waals surface area contributed by atoms with Gasteiger partial charge < -0.3 is 0 Å². The summed E-state index contributed by atoms with van der Waals surface area (Å²) < 4.78 is 1.73. The lowest BCUT2D eigenvalue weighted by molar-refractivity contribution is 0.0233. The van der Waals surface area contributed by atoms with Gasteiger partial charge in [0.05, 0.1) is 6.61 Å². The summed E-state index contributed by atoms with van der Waals surface area (Å²) in [4.78, 5) is 26.9. The monoisotopic (exact) mass is 419 g/mol. The minimum Gasteiger partial charge on any atom is -0.269 e. The summed E-state index contributed by atoms with van der Waals surface area (Å²) in [6.45, 7) is 4.21. The van der Waals surface area contributed by atoms with Gasteiger partial charge in [-0.25, -0.2) is 15.0 Å². The fourth-order valence-electron chi connectivity index (χ4n) is 3.03. The number of fused-ring (bicyclic) bond motifs is 1. The Morgan fingerprint density at radius 2 is 1.83 bits per heavy atom. The first-order valence-corrected chi connectivity index (χ1v) is 10.5. The molecule has 1 amide bonds. The van der Waals surface area contributed by atoms with Crippen molar-refractivity contribution >= 4 is 23.4 Å². The highest BCUT2D eigenvalue weighted by atomic mass is 32.2. The second-order valence-corrected chi connectivity index (χ2v) is 7.74. The number of carbonyl (C=O) groups excluding carboxylic acids is 1. The lowest BCUT2D eigenvalue weighted by Gasteiger charge is -2.09. The van der Waals surface area contributed by atoms with Gasteiger partial charge in [0.25, 0.3) is 11.7 Å². The third-order valence-corrected chi connectivity index (χ3v) is 5.35. The van der Waals surface area contributed by atoms with Crippen molar-refractivity contribution in [3.05, 3.63) is 88.7 Å². The van der Waals surface area contributed by atoms with Crippen LogP contribution in [-0.4, -0.2) is 25.5 Å². The molecule has 0 fully saturated rings. The van der Waals surface area contributed by atoms with Gasteiger partial charge >= 0.3 is 0 Å². The molecule has 4 rings (SSSR count). The minimum absolute atomic E-state index is 0.279. The van der Waals surface area contributed by atoms with Crippen LogP contribution in [0.15, 0.2) is 65.8 Å². The topological polar surface area (TPSA) is 81.4 Å². The molecule has 0 aliphatic carbocycles. The zero-order valence-corrected chi connectivity index (χ0v) is 17.5. The SMILES string of the molecule is Cc1cc(C)n2nc(SCc3ccccc3C(=O)NOCc3ccccc3)nc2n1. The van der Waals surface area contributed by atoms with Gasteiger partial charge in [0.15, 0.2) is 0 Å². The Labute approximate surface area is 178 Å². The van der Waals surface area contributed by atoms with E-state index in [1.807, 2.05) is 68.4 Å². The molecule has 7 nitrogen and oxygen atoms in total. The smallest absolute Gasteiger partial charge is 0.269 e. The Morgan fingerprint density at radius 3 is 2.67 bits per heavy atom. The fourth-order valence-corrected chi connectivity index (χ4v) is 3.86. The number of hydroxylamine groups is 1. The number of nitrogens with one attached hydrogen (secondary N) is 1. The van der Waals surface area contributed by atoms with Gasteiger partial charge in [-0.2, -0.15) is 4.98 Å². The molecule has 0 bridgehead atoms. The number of benzene rings is 2. The number of aromatic nitrogens is 4. The van der Waals surface area contributed by atoms with Crippen LogP contribution < -0.4 is 5.48 Å². The summed E-state index contributed by atoms with van der Waals surface area (Å²) in [5, 5.41) is 5.12. The number of hydrogen-bond acceptors (Lipinski definition) is 6. The average Bonchev–Trinajstić information content (AvgIpc) is 3.16. The van der Waals surface area contributed by atoms with E-state index < -0.39 is 0 Å². The molecule has 0 atom stereocenters.